The Morgan fingerprint density at radius 3 is 2.73 bits per heavy atom. The molecule has 0 aliphatic carbocycles. The third kappa shape index (κ3) is 6.51. The number of halogens is 3. The molecule has 1 amide bonds. The Bertz CT molecular complexity index is 1120. The van der Waals surface area contributed by atoms with Crippen molar-refractivity contribution in [1.29, 1.82) is 0 Å². The van der Waals surface area contributed by atoms with E-state index in [0.29, 0.717) is 21.6 Å². The van der Waals surface area contributed by atoms with Crippen LogP contribution in [0.1, 0.15) is 24.8 Å². The molecule has 0 bridgehead atoms. The van der Waals surface area contributed by atoms with Crippen molar-refractivity contribution < 1.29 is 4.79 Å². The minimum absolute atomic E-state index is 0.00618. The van der Waals surface area contributed by atoms with Gasteiger partial charge in [-0.1, -0.05) is 40.9 Å². The Morgan fingerprint density at radius 1 is 1.06 bits per heavy atom. The molecule has 1 atom stereocenters. The average molecular weight is 506 g/mol. The summed E-state index contributed by atoms with van der Waals surface area (Å²) in [7, 11) is 0. The van der Waals surface area contributed by atoms with Crippen LogP contribution in [0, 0.1) is 5.92 Å². The summed E-state index contributed by atoms with van der Waals surface area (Å²) >= 11 is 18.4. The van der Waals surface area contributed by atoms with Crippen molar-refractivity contribution in [2.75, 3.05) is 31.5 Å². The van der Waals surface area contributed by atoms with Gasteiger partial charge in [-0.25, -0.2) is 0 Å². The van der Waals surface area contributed by atoms with Crippen LogP contribution < -0.4 is 10.6 Å². The van der Waals surface area contributed by atoms with E-state index < -0.39 is 0 Å². The third-order valence-electron chi connectivity index (χ3n) is 5.96. The number of nitrogens with one attached hydrogen (secondary N) is 2. The molecule has 8 heteroatoms. The maximum Gasteiger partial charge on any atom is 0.224 e. The minimum Gasteiger partial charge on any atom is -0.384 e. The van der Waals surface area contributed by atoms with E-state index in [1.165, 1.54) is 0 Å². The fraction of sp³-hybridized carbons (Fsp3) is 0.360. The summed E-state index contributed by atoms with van der Waals surface area (Å²) < 4.78 is 0. The summed E-state index contributed by atoms with van der Waals surface area (Å²) in [5.41, 5.74) is 2.92. The molecule has 1 aromatic heterocycles. The normalized spacial score (nSPS) is 16.6. The Labute approximate surface area is 209 Å². The lowest BCUT2D eigenvalue weighted by molar-refractivity contribution is -0.126. The molecule has 0 unspecified atom stereocenters. The van der Waals surface area contributed by atoms with Gasteiger partial charge in [0.2, 0.25) is 5.91 Å². The van der Waals surface area contributed by atoms with Gasteiger partial charge in [0, 0.05) is 58.5 Å². The van der Waals surface area contributed by atoms with Crippen LogP contribution >= 0.6 is 34.8 Å². The number of piperidine rings is 1. The Hall–Kier alpha value is -2.05. The van der Waals surface area contributed by atoms with Crippen LogP contribution in [0.3, 0.4) is 0 Å². The summed E-state index contributed by atoms with van der Waals surface area (Å²) in [6.07, 6.45) is 4.53. The molecule has 2 N–H and O–H groups in total. The monoisotopic (exact) mass is 504 g/mol. The van der Waals surface area contributed by atoms with Crippen molar-refractivity contribution in [3.05, 3.63) is 69.3 Å². The standard InChI is InChI=1S/C25H27Cl3N4O/c26-19-5-4-17(22(28)13-19)15-32-12-1-3-18(16-32)25(33)31-10-2-9-29-23-8-11-30-24-14-20(27)6-7-21(23)24/h4-8,11,13-14,18H,1-3,9-10,12,15-16H2,(H,29,30)(H,31,33)/t18-/m0/s1. The van der Waals surface area contributed by atoms with Gasteiger partial charge >= 0.3 is 0 Å². The number of fused-ring (bicyclic) bond motifs is 1. The molecule has 2 heterocycles. The van der Waals surface area contributed by atoms with Crippen molar-refractivity contribution in [2.45, 2.75) is 25.8 Å². The van der Waals surface area contributed by atoms with Gasteiger partial charge in [0.1, 0.15) is 0 Å². The molecule has 1 fully saturated rings. The molecule has 4 rings (SSSR count). The highest BCUT2D eigenvalue weighted by molar-refractivity contribution is 6.35. The highest BCUT2D eigenvalue weighted by Gasteiger charge is 2.25. The highest BCUT2D eigenvalue weighted by Crippen LogP contribution is 2.26. The second-order valence-corrected chi connectivity index (χ2v) is 9.68. The molecule has 0 saturated carbocycles. The maximum atomic E-state index is 12.7. The largest absolute Gasteiger partial charge is 0.384 e. The zero-order valence-electron chi connectivity index (χ0n) is 18.3. The van der Waals surface area contributed by atoms with E-state index in [0.717, 1.165) is 67.6 Å². The van der Waals surface area contributed by atoms with Crippen molar-refractivity contribution in [2.24, 2.45) is 5.92 Å². The number of nitrogens with zero attached hydrogens (tertiary/aromatic N) is 2. The molecule has 3 aromatic rings. The fourth-order valence-electron chi connectivity index (χ4n) is 4.25. The molecule has 0 spiro atoms. The topological polar surface area (TPSA) is 57.3 Å². The second kappa shape index (κ2) is 11.4. The average Bonchev–Trinajstić information content (AvgIpc) is 2.80. The van der Waals surface area contributed by atoms with Crippen molar-refractivity contribution >= 4 is 57.3 Å². The van der Waals surface area contributed by atoms with Crippen molar-refractivity contribution in [3.8, 4) is 0 Å². The van der Waals surface area contributed by atoms with Gasteiger partial charge < -0.3 is 10.6 Å². The van der Waals surface area contributed by atoms with Gasteiger partial charge in [0.15, 0.2) is 0 Å². The summed E-state index contributed by atoms with van der Waals surface area (Å²) in [5.74, 6) is 0.137. The molecule has 2 aromatic carbocycles. The Balaban J connectivity index is 1.21. The summed E-state index contributed by atoms with van der Waals surface area (Å²) in [5, 5.41) is 9.56. The summed E-state index contributed by atoms with van der Waals surface area (Å²) in [6.45, 7) is 3.84. The van der Waals surface area contributed by atoms with E-state index in [4.69, 9.17) is 34.8 Å². The molecule has 174 valence electrons. The quantitative estimate of drug-likeness (QED) is 0.367. The van der Waals surface area contributed by atoms with E-state index in [-0.39, 0.29) is 11.8 Å². The number of amides is 1. The lowest BCUT2D eigenvalue weighted by Gasteiger charge is -2.32. The zero-order valence-corrected chi connectivity index (χ0v) is 20.6. The summed E-state index contributed by atoms with van der Waals surface area (Å²) in [4.78, 5) is 19.4. The number of benzene rings is 2. The Kier molecular flexibility index (Phi) is 8.31. The van der Waals surface area contributed by atoms with Crippen molar-refractivity contribution in [1.82, 2.24) is 15.2 Å². The smallest absolute Gasteiger partial charge is 0.224 e. The molecule has 0 radical (unpaired) electrons. The number of likely N-dealkylation sites (tertiary alicyclic amines) is 1. The molecule has 1 saturated heterocycles. The van der Waals surface area contributed by atoms with Crippen LogP contribution in [0.25, 0.3) is 10.9 Å². The van der Waals surface area contributed by atoms with Crippen LogP contribution in [0.5, 0.6) is 0 Å². The van der Waals surface area contributed by atoms with E-state index in [2.05, 4.69) is 20.5 Å². The van der Waals surface area contributed by atoms with E-state index in [9.17, 15) is 4.79 Å². The van der Waals surface area contributed by atoms with Gasteiger partial charge in [-0.05, 0) is 67.8 Å². The SMILES string of the molecule is O=C(NCCCNc1ccnc2cc(Cl)ccc12)[C@H]1CCCN(Cc2ccc(Cl)cc2Cl)C1. The van der Waals surface area contributed by atoms with Crippen LogP contribution in [-0.2, 0) is 11.3 Å². The highest BCUT2D eigenvalue weighted by atomic mass is 35.5. The van der Waals surface area contributed by atoms with Crippen molar-refractivity contribution in [3.63, 3.8) is 0 Å². The van der Waals surface area contributed by atoms with Crippen LogP contribution in [0.15, 0.2) is 48.7 Å². The molecule has 5 nitrogen and oxygen atoms in total. The maximum absolute atomic E-state index is 12.7. The van der Waals surface area contributed by atoms with Crippen LogP contribution in [0.2, 0.25) is 15.1 Å². The lowest BCUT2D eigenvalue weighted by Crippen LogP contribution is -2.43. The van der Waals surface area contributed by atoms with Gasteiger partial charge in [0.05, 0.1) is 11.4 Å². The first-order chi connectivity index (χ1) is 16.0. The molecule has 1 aliphatic rings. The minimum atomic E-state index is 0.00618. The predicted octanol–water partition coefficient (Wildman–Crippen LogP) is 6.03. The van der Waals surface area contributed by atoms with Gasteiger partial charge in [-0.3, -0.25) is 14.7 Å². The number of hydrogen-bond donors (Lipinski definition) is 2. The number of aromatic nitrogens is 1. The number of anilines is 1. The zero-order chi connectivity index (χ0) is 23.2. The summed E-state index contributed by atoms with van der Waals surface area (Å²) in [6, 6.07) is 13.2. The lowest BCUT2D eigenvalue weighted by atomic mass is 9.96. The number of pyridine rings is 1. The number of carbonyl (C=O) groups excluding carboxylic acids is 1. The number of rotatable bonds is 8. The second-order valence-electron chi connectivity index (χ2n) is 8.40. The molecule has 1 aliphatic heterocycles. The predicted molar refractivity (Wildman–Crippen MR) is 137 cm³/mol. The van der Waals surface area contributed by atoms with Gasteiger partial charge in [-0.15, -0.1) is 0 Å². The number of hydrogen-bond acceptors (Lipinski definition) is 4. The first kappa shape index (κ1) is 24.1. The van der Waals surface area contributed by atoms with E-state index >= 15 is 0 Å². The first-order valence-corrected chi connectivity index (χ1v) is 12.3. The fourth-order valence-corrected chi connectivity index (χ4v) is 4.88. The van der Waals surface area contributed by atoms with E-state index in [1.807, 2.05) is 36.4 Å². The first-order valence-electron chi connectivity index (χ1n) is 11.2. The van der Waals surface area contributed by atoms with Gasteiger partial charge in [-0.2, -0.15) is 0 Å². The molecular weight excluding hydrogens is 479 g/mol. The van der Waals surface area contributed by atoms with Crippen LogP contribution in [0.4, 0.5) is 5.69 Å². The number of carbonyl (C=O) groups is 1. The third-order valence-corrected chi connectivity index (χ3v) is 6.78. The van der Waals surface area contributed by atoms with Gasteiger partial charge in [0.25, 0.3) is 0 Å². The van der Waals surface area contributed by atoms with Crippen LogP contribution in [-0.4, -0.2) is 42.0 Å². The van der Waals surface area contributed by atoms with E-state index in [1.54, 1.807) is 12.3 Å². The molecular formula is C25H27Cl3N4O. The molecule has 33 heavy (non-hydrogen) atoms. The Morgan fingerprint density at radius 2 is 1.88 bits per heavy atom.